The van der Waals surface area contributed by atoms with E-state index in [-0.39, 0.29) is 0 Å². The Labute approximate surface area is 81.7 Å². The third-order valence-corrected chi connectivity index (χ3v) is 2.15. The lowest BCUT2D eigenvalue weighted by Crippen LogP contribution is -1.88. The molecule has 1 aromatic heterocycles. The third-order valence-electron chi connectivity index (χ3n) is 2.15. The third kappa shape index (κ3) is 1.46. The van der Waals surface area contributed by atoms with Crippen molar-refractivity contribution in [1.82, 2.24) is 10.3 Å². The van der Waals surface area contributed by atoms with Crippen LogP contribution in [0.5, 0.6) is 0 Å². The van der Waals surface area contributed by atoms with E-state index >= 15 is 0 Å². The van der Waals surface area contributed by atoms with E-state index in [4.69, 9.17) is 5.73 Å². The molecule has 0 amide bonds. The second kappa shape index (κ2) is 3.49. The van der Waals surface area contributed by atoms with Gasteiger partial charge in [0.15, 0.2) is 11.5 Å². The molecule has 2 rings (SSSR count). The van der Waals surface area contributed by atoms with Crippen molar-refractivity contribution < 1.29 is 4.63 Å². The Morgan fingerprint density at radius 2 is 1.93 bits per heavy atom. The Morgan fingerprint density at radius 1 is 1.21 bits per heavy atom. The van der Waals surface area contributed by atoms with Crippen molar-refractivity contribution in [2.75, 3.05) is 5.73 Å². The molecule has 1 heterocycles. The molecule has 0 atom stereocenters. The van der Waals surface area contributed by atoms with Gasteiger partial charge in [0.2, 0.25) is 0 Å². The van der Waals surface area contributed by atoms with Crippen LogP contribution in [0.15, 0.2) is 28.9 Å². The van der Waals surface area contributed by atoms with E-state index in [2.05, 4.69) is 21.9 Å². The number of aryl methyl sites for hydroxylation is 1. The van der Waals surface area contributed by atoms with Gasteiger partial charge in [-0.05, 0) is 22.3 Å². The molecule has 14 heavy (non-hydrogen) atoms. The summed E-state index contributed by atoms with van der Waals surface area (Å²) in [5, 5.41) is 7.26. The highest BCUT2D eigenvalue weighted by molar-refractivity contribution is 5.68. The van der Waals surface area contributed by atoms with E-state index in [9.17, 15) is 0 Å². The van der Waals surface area contributed by atoms with Crippen LogP contribution in [0.4, 0.5) is 5.82 Å². The van der Waals surface area contributed by atoms with Gasteiger partial charge in [0.1, 0.15) is 0 Å². The SMILES string of the molecule is CCc1ccc(-c2nonc2N)cc1. The second-order valence-corrected chi connectivity index (χ2v) is 3.05. The fourth-order valence-corrected chi connectivity index (χ4v) is 1.29. The Morgan fingerprint density at radius 3 is 2.43 bits per heavy atom. The van der Waals surface area contributed by atoms with Gasteiger partial charge < -0.3 is 5.73 Å². The lowest BCUT2D eigenvalue weighted by atomic mass is 10.1. The van der Waals surface area contributed by atoms with Crippen LogP contribution in [-0.4, -0.2) is 10.3 Å². The molecule has 2 N–H and O–H groups in total. The number of nitrogens with two attached hydrogens (primary N) is 1. The van der Waals surface area contributed by atoms with Crippen molar-refractivity contribution in [3.63, 3.8) is 0 Å². The summed E-state index contributed by atoms with van der Waals surface area (Å²) in [5.74, 6) is 0.328. The highest BCUT2D eigenvalue weighted by Crippen LogP contribution is 2.21. The van der Waals surface area contributed by atoms with Crippen LogP contribution in [0.25, 0.3) is 11.3 Å². The molecule has 0 bridgehead atoms. The van der Waals surface area contributed by atoms with Crippen molar-refractivity contribution in [2.24, 2.45) is 0 Å². The quantitative estimate of drug-likeness (QED) is 0.783. The summed E-state index contributed by atoms with van der Waals surface area (Å²) in [4.78, 5) is 0. The molecule has 4 nitrogen and oxygen atoms in total. The van der Waals surface area contributed by atoms with Gasteiger partial charge in [-0.2, -0.15) is 0 Å². The largest absolute Gasteiger partial charge is 0.379 e. The van der Waals surface area contributed by atoms with E-state index in [0.717, 1.165) is 12.0 Å². The molecule has 0 saturated carbocycles. The van der Waals surface area contributed by atoms with E-state index < -0.39 is 0 Å². The number of benzene rings is 1. The van der Waals surface area contributed by atoms with Crippen molar-refractivity contribution >= 4 is 5.82 Å². The first-order chi connectivity index (χ1) is 6.81. The molecule has 0 aliphatic rings. The lowest BCUT2D eigenvalue weighted by Gasteiger charge is -1.98. The maximum atomic E-state index is 5.58. The number of aromatic nitrogens is 2. The van der Waals surface area contributed by atoms with Crippen LogP contribution >= 0.6 is 0 Å². The summed E-state index contributed by atoms with van der Waals surface area (Å²) >= 11 is 0. The predicted octanol–water partition coefficient (Wildman–Crippen LogP) is 1.88. The first-order valence-electron chi connectivity index (χ1n) is 4.48. The summed E-state index contributed by atoms with van der Waals surface area (Å²) in [6.45, 7) is 2.11. The van der Waals surface area contributed by atoms with Crippen LogP contribution in [-0.2, 0) is 6.42 Å². The minimum atomic E-state index is 0.328. The van der Waals surface area contributed by atoms with Crippen molar-refractivity contribution in [3.8, 4) is 11.3 Å². The minimum Gasteiger partial charge on any atom is -0.379 e. The molecule has 2 aromatic rings. The van der Waals surface area contributed by atoms with Crippen molar-refractivity contribution in [3.05, 3.63) is 29.8 Å². The molecule has 0 aliphatic heterocycles. The number of hydrogen-bond donors (Lipinski definition) is 1. The molecule has 0 aliphatic carbocycles. The van der Waals surface area contributed by atoms with Gasteiger partial charge in [-0.25, -0.2) is 4.63 Å². The maximum absolute atomic E-state index is 5.58. The standard InChI is InChI=1S/C10H11N3O/c1-2-7-3-5-8(6-4-7)9-10(11)13-14-12-9/h3-6H,2H2,1H3,(H2,11,13). The highest BCUT2D eigenvalue weighted by Gasteiger charge is 2.07. The van der Waals surface area contributed by atoms with Crippen LogP contribution < -0.4 is 5.73 Å². The average molecular weight is 189 g/mol. The molecule has 0 saturated heterocycles. The van der Waals surface area contributed by atoms with Crippen LogP contribution in [0, 0.1) is 0 Å². The summed E-state index contributed by atoms with van der Waals surface area (Å²) in [7, 11) is 0. The molecule has 0 unspecified atom stereocenters. The van der Waals surface area contributed by atoms with Crippen LogP contribution in [0.1, 0.15) is 12.5 Å². The Hall–Kier alpha value is -1.84. The van der Waals surface area contributed by atoms with E-state index in [1.807, 2.05) is 24.3 Å². The van der Waals surface area contributed by atoms with E-state index in [0.29, 0.717) is 11.5 Å². The predicted molar refractivity (Wildman–Crippen MR) is 53.5 cm³/mol. The van der Waals surface area contributed by atoms with Gasteiger partial charge in [-0.3, -0.25) is 0 Å². The first-order valence-corrected chi connectivity index (χ1v) is 4.48. The van der Waals surface area contributed by atoms with Crippen molar-refractivity contribution in [2.45, 2.75) is 13.3 Å². The minimum absolute atomic E-state index is 0.328. The van der Waals surface area contributed by atoms with E-state index in [1.165, 1.54) is 5.56 Å². The summed E-state index contributed by atoms with van der Waals surface area (Å²) in [6, 6.07) is 8.02. The molecular formula is C10H11N3O. The molecule has 0 radical (unpaired) electrons. The maximum Gasteiger partial charge on any atom is 0.196 e. The van der Waals surface area contributed by atoms with Gasteiger partial charge in [0.25, 0.3) is 0 Å². The number of nitrogens with zero attached hydrogens (tertiary/aromatic N) is 2. The van der Waals surface area contributed by atoms with Gasteiger partial charge in [0.05, 0.1) is 0 Å². The zero-order valence-electron chi connectivity index (χ0n) is 7.90. The Balaban J connectivity index is 2.39. The number of nitrogen functional groups attached to an aromatic ring is 1. The van der Waals surface area contributed by atoms with Gasteiger partial charge >= 0.3 is 0 Å². The molecule has 72 valence electrons. The van der Waals surface area contributed by atoms with Crippen LogP contribution in [0.3, 0.4) is 0 Å². The molecular weight excluding hydrogens is 178 g/mol. The lowest BCUT2D eigenvalue weighted by molar-refractivity contribution is 0.310. The second-order valence-electron chi connectivity index (χ2n) is 3.05. The molecule has 0 spiro atoms. The van der Waals surface area contributed by atoms with Gasteiger partial charge in [-0.15, -0.1) is 0 Å². The zero-order chi connectivity index (χ0) is 9.97. The topological polar surface area (TPSA) is 64.9 Å². The smallest absolute Gasteiger partial charge is 0.196 e. The first kappa shape index (κ1) is 8.74. The van der Waals surface area contributed by atoms with Gasteiger partial charge in [-0.1, -0.05) is 31.2 Å². The van der Waals surface area contributed by atoms with Gasteiger partial charge in [0, 0.05) is 5.56 Å². The van der Waals surface area contributed by atoms with Crippen molar-refractivity contribution in [1.29, 1.82) is 0 Å². The Bertz CT molecular complexity index is 419. The number of rotatable bonds is 2. The van der Waals surface area contributed by atoms with Crippen LogP contribution in [0.2, 0.25) is 0 Å². The zero-order valence-corrected chi connectivity index (χ0v) is 7.90. The van der Waals surface area contributed by atoms with E-state index in [1.54, 1.807) is 0 Å². The number of hydrogen-bond acceptors (Lipinski definition) is 4. The summed E-state index contributed by atoms with van der Waals surface area (Å²) < 4.78 is 4.53. The molecule has 1 aromatic carbocycles. The average Bonchev–Trinajstić information content (AvgIpc) is 2.65. The fraction of sp³-hybridized carbons (Fsp3) is 0.200. The Kier molecular flexibility index (Phi) is 2.18. The normalized spacial score (nSPS) is 10.4. The summed E-state index contributed by atoms with van der Waals surface area (Å²) in [5.41, 5.74) is 8.39. The molecule has 0 fully saturated rings. The highest BCUT2D eigenvalue weighted by atomic mass is 16.6. The fourth-order valence-electron chi connectivity index (χ4n) is 1.29. The molecule has 4 heteroatoms. The monoisotopic (exact) mass is 189 g/mol. The number of anilines is 1. The summed E-state index contributed by atoms with van der Waals surface area (Å²) in [6.07, 6.45) is 1.02.